The van der Waals surface area contributed by atoms with Crippen molar-refractivity contribution in [3.63, 3.8) is 0 Å². The molecule has 1 heterocycles. The monoisotopic (exact) mass is 490 g/mol. The number of hydrogen-bond acceptors (Lipinski definition) is 3. The van der Waals surface area contributed by atoms with Gasteiger partial charge in [0.2, 0.25) is 0 Å². The Kier molecular flexibility index (Phi) is 8.93. The van der Waals surface area contributed by atoms with Crippen LogP contribution in [-0.4, -0.2) is 42.7 Å². The van der Waals surface area contributed by atoms with Gasteiger partial charge in [-0.1, -0.05) is 12.8 Å². The van der Waals surface area contributed by atoms with Crippen LogP contribution in [0.15, 0.2) is 10.4 Å². The molecule has 4 nitrogen and oxygen atoms in total. The molecule has 2 unspecified atom stereocenters. The maximum absolute atomic E-state index is 13.2. The zero-order valence-corrected chi connectivity index (χ0v) is 17.9. The number of aliphatic imine (C=N–C) groups is 1. The summed E-state index contributed by atoms with van der Waals surface area (Å²) < 4.78 is 39.5. The van der Waals surface area contributed by atoms with Crippen molar-refractivity contribution in [1.82, 2.24) is 15.2 Å². The summed E-state index contributed by atoms with van der Waals surface area (Å²) in [5, 5.41) is 6.10. The Labute approximate surface area is 168 Å². The van der Waals surface area contributed by atoms with Gasteiger partial charge in [0.05, 0.1) is 23.2 Å². The number of nitrogens with zero attached hydrogens (tertiary/aromatic N) is 3. The molecule has 0 radical (unpaired) electrons. The molecule has 0 saturated heterocycles. The second-order valence-corrected chi connectivity index (χ2v) is 7.40. The molecule has 25 heavy (non-hydrogen) atoms. The topological polar surface area (TPSA) is 40.5 Å². The molecule has 0 spiro atoms. The van der Waals surface area contributed by atoms with Crippen LogP contribution in [-0.2, 0) is 6.54 Å². The predicted molar refractivity (Wildman–Crippen MR) is 107 cm³/mol. The van der Waals surface area contributed by atoms with Crippen molar-refractivity contribution < 1.29 is 13.2 Å². The van der Waals surface area contributed by atoms with E-state index in [1.54, 1.807) is 18.4 Å². The van der Waals surface area contributed by atoms with Crippen molar-refractivity contribution in [3.8, 4) is 0 Å². The molecule has 1 aromatic rings. The largest absolute Gasteiger partial charge is 0.392 e. The first-order chi connectivity index (χ1) is 11.3. The molecular formula is C16H26F3IN4S. The summed E-state index contributed by atoms with van der Waals surface area (Å²) in [6.07, 6.45) is -1.73. The Hall–Kier alpha value is -0.580. The zero-order valence-electron chi connectivity index (χ0n) is 14.8. The van der Waals surface area contributed by atoms with E-state index in [2.05, 4.69) is 15.3 Å². The first-order valence-corrected chi connectivity index (χ1v) is 9.08. The lowest BCUT2D eigenvalue weighted by Gasteiger charge is -2.34. The Bertz CT molecular complexity index is 562. The van der Waals surface area contributed by atoms with Gasteiger partial charge in [0.25, 0.3) is 0 Å². The summed E-state index contributed by atoms with van der Waals surface area (Å²) in [6.45, 7) is 2.83. The van der Waals surface area contributed by atoms with Crippen molar-refractivity contribution in [1.29, 1.82) is 0 Å². The molecule has 1 aliphatic rings. The van der Waals surface area contributed by atoms with Crippen LogP contribution in [0.25, 0.3) is 0 Å². The van der Waals surface area contributed by atoms with Crippen LogP contribution in [0.1, 0.15) is 36.4 Å². The number of alkyl halides is 3. The summed E-state index contributed by atoms with van der Waals surface area (Å²) >= 11 is 1.58. The van der Waals surface area contributed by atoms with Gasteiger partial charge in [-0.25, -0.2) is 4.98 Å². The van der Waals surface area contributed by atoms with Gasteiger partial charge >= 0.3 is 6.18 Å². The molecule has 1 fully saturated rings. The van der Waals surface area contributed by atoms with Crippen molar-refractivity contribution >= 4 is 41.3 Å². The number of aryl methyl sites for hydroxylation is 1. The number of halogens is 4. The molecule has 2 atom stereocenters. The fourth-order valence-electron chi connectivity index (χ4n) is 3.29. The highest BCUT2D eigenvalue weighted by atomic mass is 127. The maximum Gasteiger partial charge on any atom is 0.392 e. The van der Waals surface area contributed by atoms with E-state index in [4.69, 9.17) is 0 Å². The number of rotatable bonds is 4. The molecule has 1 saturated carbocycles. The average Bonchev–Trinajstić information content (AvgIpc) is 2.92. The minimum Gasteiger partial charge on any atom is -0.356 e. The molecule has 2 rings (SSSR count). The van der Waals surface area contributed by atoms with Crippen LogP contribution >= 0.6 is 35.3 Å². The van der Waals surface area contributed by atoms with Crippen molar-refractivity contribution in [2.24, 2.45) is 16.8 Å². The predicted octanol–water partition coefficient (Wildman–Crippen LogP) is 4.45. The summed E-state index contributed by atoms with van der Waals surface area (Å²) in [5.74, 6) is -0.985. The summed E-state index contributed by atoms with van der Waals surface area (Å²) in [6, 6.07) is 0. The van der Waals surface area contributed by atoms with Crippen LogP contribution < -0.4 is 5.32 Å². The van der Waals surface area contributed by atoms with Gasteiger partial charge in [0, 0.05) is 26.0 Å². The van der Waals surface area contributed by atoms with Crippen molar-refractivity contribution in [2.75, 3.05) is 20.6 Å². The summed E-state index contributed by atoms with van der Waals surface area (Å²) in [7, 11) is 3.51. The van der Waals surface area contributed by atoms with Gasteiger partial charge in [-0.05, 0) is 25.7 Å². The van der Waals surface area contributed by atoms with Crippen LogP contribution in [0.4, 0.5) is 13.2 Å². The molecule has 1 N–H and O–H groups in total. The Morgan fingerprint density at radius 2 is 2.08 bits per heavy atom. The Morgan fingerprint density at radius 1 is 1.40 bits per heavy atom. The standard InChI is InChI=1S/C16H25F3N4S.HI/c1-11-22-13(10-24-11)9-23(3)15(20-2)21-8-12-6-4-5-7-14(12)16(17,18)19;/h10,12,14H,4-9H2,1-3H3,(H,20,21);1H. The van der Waals surface area contributed by atoms with Crippen molar-refractivity contribution in [3.05, 3.63) is 16.1 Å². The second-order valence-electron chi connectivity index (χ2n) is 6.33. The zero-order chi connectivity index (χ0) is 17.7. The van der Waals surface area contributed by atoms with E-state index in [1.165, 1.54) is 0 Å². The molecule has 1 aliphatic carbocycles. The van der Waals surface area contributed by atoms with Crippen LogP contribution in [0.5, 0.6) is 0 Å². The molecule has 0 aliphatic heterocycles. The molecule has 9 heteroatoms. The lowest BCUT2D eigenvalue weighted by Crippen LogP contribution is -2.44. The number of thiazole rings is 1. The van der Waals surface area contributed by atoms with Gasteiger partial charge in [-0.3, -0.25) is 4.99 Å². The normalized spacial score (nSPS) is 21.6. The quantitative estimate of drug-likeness (QED) is 0.386. The van der Waals surface area contributed by atoms with Gasteiger partial charge in [0.15, 0.2) is 5.96 Å². The Morgan fingerprint density at radius 3 is 2.64 bits per heavy atom. The van der Waals surface area contributed by atoms with E-state index in [0.717, 1.165) is 17.1 Å². The summed E-state index contributed by atoms with van der Waals surface area (Å²) in [5.41, 5.74) is 0.939. The van der Waals surface area contributed by atoms with Gasteiger partial charge < -0.3 is 10.2 Å². The summed E-state index contributed by atoms with van der Waals surface area (Å²) in [4.78, 5) is 10.5. The minimum atomic E-state index is -4.11. The van der Waals surface area contributed by atoms with E-state index in [-0.39, 0.29) is 36.3 Å². The second kappa shape index (κ2) is 9.94. The third-order valence-corrected chi connectivity index (χ3v) is 5.31. The lowest BCUT2D eigenvalue weighted by molar-refractivity contribution is -0.195. The minimum absolute atomic E-state index is 0. The first-order valence-electron chi connectivity index (χ1n) is 8.20. The van der Waals surface area contributed by atoms with Crippen molar-refractivity contribution in [2.45, 2.75) is 45.3 Å². The number of guanidine groups is 1. The van der Waals surface area contributed by atoms with E-state index in [1.807, 2.05) is 24.3 Å². The maximum atomic E-state index is 13.2. The van der Waals surface area contributed by atoms with E-state index >= 15 is 0 Å². The third kappa shape index (κ3) is 6.58. The lowest BCUT2D eigenvalue weighted by atomic mass is 9.79. The van der Waals surface area contributed by atoms with Gasteiger partial charge in [-0.2, -0.15) is 13.2 Å². The molecule has 144 valence electrons. The van der Waals surface area contributed by atoms with Gasteiger partial charge in [-0.15, -0.1) is 35.3 Å². The van der Waals surface area contributed by atoms with Crippen LogP contribution in [0.2, 0.25) is 0 Å². The molecule has 0 amide bonds. The average molecular weight is 490 g/mol. The fraction of sp³-hybridized carbons (Fsp3) is 0.750. The van der Waals surface area contributed by atoms with Gasteiger partial charge in [0.1, 0.15) is 0 Å². The fourth-order valence-corrected chi connectivity index (χ4v) is 3.89. The number of nitrogens with one attached hydrogen (secondary N) is 1. The van der Waals surface area contributed by atoms with E-state index in [0.29, 0.717) is 31.9 Å². The van der Waals surface area contributed by atoms with Crippen LogP contribution in [0.3, 0.4) is 0 Å². The van der Waals surface area contributed by atoms with Crippen LogP contribution in [0, 0.1) is 18.8 Å². The molecule has 1 aromatic heterocycles. The highest BCUT2D eigenvalue weighted by molar-refractivity contribution is 14.0. The number of hydrogen-bond donors (Lipinski definition) is 1. The van der Waals surface area contributed by atoms with E-state index < -0.39 is 12.1 Å². The molecular weight excluding hydrogens is 464 g/mol. The SMILES string of the molecule is CN=C(NCC1CCCCC1C(F)(F)F)N(C)Cc1csc(C)n1.I. The number of aromatic nitrogens is 1. The highest BCUT2D eigenvalue weighted by Crippen LogP contribution is 2.41. The highest BCUT2D eigenvalue weighted by Gasteiger charge is 2.45. The first kappa shape index (κ1) is 22.5. The molecule has 0 aromatic carbocycles. The molecule has 0 bridgehead atoms. The smallest absolute Gasteiger partial charge is 0.356 e. The Balaban J connectivity index is 0.00000312. The third-order valence-electron chi connectivity index (χ3n) is 4.49. The van der Waals surface area contributed by atoms with E-state index in [9.17, 15) is 13.2 Å².